The van der Waals surface area contributed by atoms with Gasteiger partial charge in [-0.15, -0.1) is 0 Å². The molecule has 1 amide bonds. The van der Waals surface area contributed by atoms with Crippen LogP contribution in [0.5, 0.6) is 0 Å². The SMILES string of the molecule is COC(OC)C(C)NC(=O)c1ccc2c(c1)CNCC2. The zero-order valence-electron chi connectivity index (χ0n) is 12.2. The second kappa shape index (κ2) is 6.83. The van der Waals surface area contributed by atoms with E-state index in [4.69, 9.17) is 9.47 Å². The predicted molar refractivity (Wildman–Crippen MR) is 76.6 cm³/mol. The van der Waals surface area contributed by atoms with E-state index in [-0.39, 0.29) is 11.9 Å². The normalized spacial score (nSPS) is 15.8. The molecule has 2 N–H and O–H groups in total. The molecule has 0 fully saturated rings. The molecule has 1 unspecified atom stereocenters. The highest BCUT2D eigenvalue weighted by Gasteiger charge is 2.19. The Hall–Kier alpha value is -1.43. The van der Waals surface area contributed by atoms with Gasteiger partial charge in [-0.1, -0.05) is 6.07 Å². The molecule has 0 saturated carbocycles. The molecule has 2 rings (SSSR count). The maximum Gasteiger partial charge on any atom is 0.251 e. The van der Waals surface area contributed by atoms with Crippen LogP contribution in [0.15, 0.2) is 18.2 Å². The molecule has 0 bridgehead atoms. The van der Waals surface area contributed by atoms with Crippen LogP contribution in [0.3, 0.4) is 0 Å². The van der Waals surface area contributed by atoms with Crippen molar-refractivity contribution < 1.29 is 14.3 Å². The Bertz CT molecular complexity index is 472. The quantitative estimate of drug-likeness (QED) is 0.791. The standard InChI is InChI=1S/C15H22N2O3/c1-10(15(19-2)20-3)17-14(18)12-5-4-11-6-7-16-9-13(11)8-12/h4-5,8,10,15-16H,6-7,9H2,1-3H3,(H,17,18). The fraction of sp³-hybridized carbons (Fsp3) is 0.533. The van der Waals surface area contributed by atoms with Crippen molar-refractivity contribution in [1.29, 1.82) is 0 Å². The summed E-state index contributed by atoms with van der Waals surface area (Å²) in [6, 6.07) is 5.66. The van der Waals surface area contributed by atoms with E-state index >= 15 is 0 Å². The molecule has 1 aromatic carbocycles. The van der Waals surface area contributed by atoms with E-state index in [0.29, 0.717) is 5.56 Å². The van der Waals surface area contributed by atoms with Crippen LogP contribution >= 0.6 is 0 Å². The van der Waals surface area contributed by atoms with Crippen LogP contribution in [-0.4, -0.2) is 39.0 Å². The van der Waals surface area contributed by atoms with Crippen molar-refractivity contribution in [3.05, 3.63) is 34.9 Å². The minimum Gasteiger partial charge on any atom is -0.354 e. The van der Waals surface area contributed by atoms with Crippen LogP contribution in [0.4, 0.5) is 0 Å². The molecule has 0 spiro atoms. The van der Waals surface area contributed by atoms with Gasteiger partial charge in [0.1, 0.15) is 0 Å². The Kier molecular flexibility index (Phi) is 5.11. The molecule has 0 aliphatic carbocycles. The molecular formula is C15H22N2O3. The van der Waals surface area contributed by atoms with E-state index in [9.17, 15) is 4.79 Å². The van der Waals surface area contributed by atoms with Crippen molar-refractivity contribution in [3.63, 3.8) is 0 Å². The summed E-state index contributed by atoms with van der Waals surface area (Å²) in [7, 11) is 3.11. The summed E-state index contributed by atoms with van der Waals surface area (Å²) in [6.07, 6.45) is 0.571. The lowest BCUT2D eigenvalue weighted by Gasteiger charge is -2.23. The molecule has 1 aliphatic heterocycles. The summed E-state index contributed by atoms with van der Waals surface area (Å²) < 4.78 is 10.3. The molecule has 110 valence electrons. The van der Waals surface area contributed by atoms with Gasteiger partial charge in [-0.05, 0) is 43.1 Å². The third kappa shape index (κ3) is 3.36. The number of methoxy groups -OCH3 is 2. The number of benzene rings is 1. The van der Waals surface area contributed by atoms with Crippen molar-refractivity contribution in [3.8, 4) is 0 Å². The van der Waals surface area contributed by atoms with Crippen molar-refractivity contribution in [2.45, 2.75) is 32.2 Å². The lowest BCUT2D eigenvalue weighted by Crippen LogP contribution is -2.43. The van der Waals surface area contributed by atoms with Gasteiger partial charge in [0.15, 0.2) is 6.29 Å². The van der Waals surface area contributed by atoms with E-state index < -0.39 is 6.29 Å². The van der Waals surface area contributed by atoms with E-state index in [1.54, 1.807) is 14.2 Å². The topological polar surface area (TPSA) is 59.6 Å². The van der Waals surface area contributed by atoms with Gasteiger partial charge < -0.3 is 20.1 Å². The fourth-order valence-corrected chi connectivity index (χ4v) is 2.48. The Morgan fingerprint density at radius 1 is 1.30 bits per heavy atom. The first-order chi connectivity index (χ1) is 9.65. The van der Waals surface area contributed by atoms with Gasteiger partial charge in [-0.3, -0.25) is 4.79 Å². The van der Waals surface area contributed by atoms with Crippen LogP contribution in [0.1, 0.15) is 28.4 Å². The smallest absolute Gasteiger partial charge is 0.251 e. The second-order valence-electron chi connectivity index (χ2n) is 5.01. The van der Waals surface area contributed by atoms with Crippen molar-refractivity contribution in [2.24, 2.45) is 0 Å². The summed E-state index contributed by atoms with van der Waals surface area (Å²) in [6.45, 7) is 3.68. The third-order valence-electron chi connectivity index (χ3n) is 3.59. The highest BCUT2D eigenvalue weighted by Crippen LogP contribution is 2.16. The second-order valence-corrected chi connectivity index (χ2v) is 5.01. The fourth-order valence-electron chi connectivity index (χ4n) is 2.48. The van der Waals surface area contributed by atoms with Crippen LogP contribution in [0.25, 0.3) is 0 Å². The molecule has 0 radical (unpaired) electrons. The molecule has 1 atom stereocenters. The Morgan fingerprint density at radius 3 is 2.75 bits per heavy atom. The largest absolute Gasteiger partial charge is 0.354 e. The van der Waals surface area contributed by atoms with Crippen molar-refractivity contribution in [2.75, 3.05) is 20.8 Å². The molecule has 5 nitrogen and oxygen atoms in total. The highest BCUT2D eigenvalue weighted by molar-refractivity contribution is 5.94. The van der Waals surface area contributed by atoms with Crippen molar-refractivity contribution >= 4 is 5.91 Å². The molecule has 1 aliphatic rings. The van der Waals surface area contributed by atoms with Crippen LogP contribution in [0, 0.1) is 0 Å². The molecule has 20 heavy (non-hydrogen) atoms. The van der Waals surface area contributed by atoms with Gasteiger partial charge in [0.25, 0.3) is 5.91 Å². The zero-order valence-corrected chi connectivity index (χ0v) is 12.2. The average Bonchev–Trinajstić information content (AvgIpc) is 2.48. The maximum atomic E-state index is 12.2. The van der Waals surface area contributed by atoms with E-state index in [0.717, 1.165) is 19.5 Å². The summed E-state index contributed by atoms with van der Waals surface area (Å²) in [5.74, 6) is -0.107. The number of nitrogens with one attached hydrogen (secondary N) is 2. The number of carbonyl (C=O) groups is 1. The minimum atomic E-state index is -0.446. The Balaban J connectivity index is 2.05. The summed E-state index contributed by atoms with van der Waals surface area (Å²) in [5.41, 5.74) is 3.19. The number of ether oxygens (including phenoxy) is 2. The number of hydrogen-bond acceptors (Lipinski definition) is 4. The van der Waals surface area contributed by atoms with Crippen molar-refractivity contribution in [1.82, 2.24) is 10.6 Å². The number of rotatable bonds is 5. The minimum absolute atomic E-state index is 0.107. The molecule has 0 aromatic heterocycles. The first kappa shape index (κ1) is 15.0. The van der Waals surface area contributed by atoms with Gasteiger partial charge in [0.05, 0.1) is 6.04 Å². The monoisotopic (exact) mass is 278 g/mol. The number of carbonyl (C=O) groups excluding carboxylic acids is 1. The first-order valence-electron chi connectivity index (χ1n) is 6.84. The number of fused-ring (bicyclic) bond motifs is 1. The highest BCUT2D eigenvalue weighted by atomic mass is 16.7. The van der Waals surface area contributed by atoms with E-state index in [1.165, 1.54) is 11.1 Å². The van der Waals surface area contributed by atoms with Crippen LogP contribution in [-0.2, 0) is 22.4 Å². The van der Waals surface area contributed by atoms with Gasteiger partial charge in [0.2, 0.25) is 0 Å². The number of hydrogen-bond donors (Lipinski definition) is 2. The predicted octanol–water partition coefficient (Wildman–Crippen LogP) is 1.07. The lowest BCUT2D eigenvalue weighted by atomic mass is 9.98. The zero-order chi connectivity index (χ0) is 14.5. The van der Waals surface area contributed by atoms with Crippen LogP contribution in [0.2, 0.25) is 0 Å². The summed E-state index contributed by atoms with van der Waals surface area (Å²) >= 11 is 0. The Morgan fingerprint density at radius 2 is 2.05 bits per heavy atom. The first-order valence-corrected chi connectivity index (χ1v) is 6.84. The number of amides is 1. The van der Waals surface area contributed by atoms with Gasteiger partial charge in [-0.2, -0.15) is 0 Å². The van der Waals surface area contributed by atoms with E-state index in [2.05, 4.69) is 10.6 Å². The lowest BCUT2D eigenvalue weighted by molar-refractivity contribution is -0.117. The van der Waals surface area contributed by atoms with E-state index in [1.807, 2.05) is 25.1 Å². The van der Waals surface area contributed by atoms with Gasteiger partial charge >= 0.3 is 0 Å². The molecular weight excluding hydrogens is 256 g/mol. The third-order valence-corrected chi connectivity index (χ3v) is 3.59. The molecule has 5 heteroatoms. The molecule has 0 saturated heterocycles. The summed E-state index contributed by atoms with van der Waals surface area (Å²) in [5, 5.41) is 6.21. The molecule has 1 aromatic rings. The van der Waals surface area contributed by atoms with Gasteiger partial charge in [0, 0.05) is 26.3 Å². The maximum absolute atomic E-state index is 12.2. The summed E-state index contributed by atoms with van der Waals surface area (Å²) in [4.78, 5) is 12.2. The molecule has 1 heterocycles. The average molecular weight is 278 g/mol. The Labute approximate surface area is 119 Å². The van der Waals surface area contributed by atoms with Gasteiger partial charge in [-0.25, -0.2) is 0 Å². The van der Waals surface area contributed by atoms with Crippen LogP contribution < -0.4 is 10.6 Å².